The van der Waals surface area contributed by atoms with Crippen LogP contribution in [0, 0.1) is 0 Å². The van der Waals surface area contributed by atoms with Crippen molar-refractivity contribution < 1.29 is 14.2 Å². The topological polar surface area (TPSA) is 123 Å². The first kappa shape index (κ1) is 15.7. The Bertz CT molecular complexity index is 892. The molecule has 2 N–H and O–H groups in total. The number of rotatable bonds is 5. The van der Waals surface area contributed by atoms with Gasteiger partial charge in [0.15, 0.2) is 17.5 Å². The normalized spacial score (nSPS) is 15.1. The number of nitrogens with zero attached hydrogens (tertiary/aromatic N) is 6. The van der Waals surface area contributed by atoms with Crippen molar-refractivity contribution in [2.24, 2.45) is 0 Å². The van der Waals surface area contributed by atoms with Crippen molar-refractivity contribution in [2.45, 2.75) is 19.8 Å². The maximum atomic E-state index is 5.68. The Morgan fingerprint density at radius 3 is 2.88 bits per heavy atom. The number of nitrogen functional groups attached to an aromatic ring is 1. The molecular weight excluding hydrogens is 326 g/mol. The first-order valence-corrected chi connectivity index (χ1v) is 7.92. The van der Waals surface area contributed by atoms with Crippen LogP contribution >= 0.6 is 0 Å². The molecule has 0 aliphatic carbocycles. The van der Waals surface area contributed by atoms with Gasteiger partial charge in [-0.25, -0.2) is 9.97 Å². The molecule has 0 amide bonds. The first-order valence-electron chi connectivity index (χ1n) is 7.92. The van der Waals surface area contributed by atoms with Gasteiger partial charge in [0, 0.05) is 11.8 Å². The van der Waals surface area contributed by atoms with Gasteiger partial charge in [0.25, 0.3) is 0 Å². The van der Waals surface area contributed by atoms with E-state index in [9.17, 15) is 0 Å². The van der Waals surface area contributed by atoms with E-state index in [-0.39, 0.29) is 12.2 Å². The van der Waals surface area contributed by atoms with Gasteiger partial charge in [-0.1, -0.05) is 0 Å². The monoisotopic (exact) mass is 343 g/mol. The summed E-state index contributed by atoms with van der Waals surface area (Å²) in [6.07, 6.45) is 4.92. The van der Waals surface area contributed by atoms with E-state index >= 15 is 0 Å². The van der Waals surface area contributed by atoms with E-state index in [0.29, 0.717) is 49.1 Å². The average Bonchev–Trinajstić information content (AvgIpc) is 3.27. The zero-order chi connectivity index (χ0) is 17.2. The van der Waals surface area contributed by atoms with Gasteiger partial charge >= 0.3 is 0 Å². The van der Waals surface area contributed by atoms with Gasteiger partial charge in [-0.2, -0.15) is 15.1 Å². The number of ether oxygens (including phenoxy) is 3. The summed E-state index contributed by atoms with van der Waals surface area (Å²) in [5, 5.41) is 4.32. The Kier molecular flexibility index (Phi) is 4.12. The predicted molar refractivity (Wildman–Crippen MR) is 87.6 cm³/mol. The molecule has 25 heavy (non-hydrogen) atoms. The predicted octanol–water partition coefficient (Wildman–Crippen LogP) is 0.637. The molecule has 4 heterocycles. The quantitative estimate of drug-likeness (QED) is 0.710. The van der Waals surface area contributed by atoms with Gasteiger partial charge in [0.2, 0.25) is 11.8 Å². The summed E-state index contributed by atoms with van der Waals surface area (Å²) < 4.78 is 18.1. The fourth-order valence-corrected chi connectivity index (χ4v) is 2.54. The van der Waals surface area contributed by atoms with E-state index in [1.54, 1.807) is 17.1 Å². The highest BCUT2D eigenvalue weighted by atomic mass is 16.7. The second-order valence-electron chi connectivity index (χ2n) is 5.37. The van der Waals surface area contributed by atoms with Crippen molar-refractivity contribution >= 4 is 17.1 Å². The molecule has 0 spiro atoms. The largest absolute Gasteiger partial charge is 0.476 e. The Morgan fingerprint density at radius 2 is 2.08 bits per heavy atom. The van der Waals surface area contributed by atoms with E-state index in [1.165, 1.54) is 0 Å². The average molecular weight is 343 g/mol. The highest BCUT2D eigenvalue weighted by Crippen LogP contribution is 2.24. The summed E-state index contributed by atoms with van der Waals surface area (Å²) in [5.74, 6) is 0.418. The highest BCUT2D eigenvalue weighted by Gasteiger charge is 2.18. The molecule has 130 valence electrons. The maximum absolute atomic E-state index is 5.68. The molecule has 1 aliphatic heterocycles. The number of hydrogen-bond donors (Lipinski definition) is 1. The van der Waals surface area contributed by atoms with E-state index in [1.807, 2.05) is 13.1 Å². The third kappa shape index (κ3) is 3.21. The van der Waals surface area contributed by atoms with Gasteiger partial charge in [0.05, 0.1) is 44.5 Å². The lowest BCUT2D eigenvalue weighted by molar-refractivity contribution is -0.0545. The van der Waals surface area contributed by atoms with Crippen LogP contribution in [0.4, 0.5) is 5.95 Å². The van der Waals surface area contributed by atoms with Crippen molar-refractivity contribution in [3.63, 3.8) is 0 Å². The van der Waals surface area contributed by atoms with Gasteiger partial charge in [-0.3, -0.25) is 4.68 Å². The number of aromatic nitrogens is 6. The third-order valence-electron chi connectivity index (χ3n) is 3.63. The van der Waals surface area contributed by atoms with Crippen LogP contribution < -0.4 is 10.5 Å². The van der Waals surface area contributed by atoms with E-state index in [2.05, 4.69) is 25.0 Å². The molecule has 10 heteroatoms. The van der Waals surface area contributed by atoms with Crippen molar-refractivity contribution in [3.8, 4) is 17.1 Å². The summed E-state index contributed by atoms with van der Waals surface area (Å²) in [4.78, 5) is 17.1. The smallest absolute Gasteiger partial charge is 0.247 e. The van der Waals surface area contributed by atoms with E-state index in [4.69, 9.17) is 19.9 Å². The summed E-state index contributed by atoms with van der Waals surface area (Å²) in [5.41, 5.74) is 7.98. The summed E-state index contributed by atoms with van der Waals surface area (Å²) in [6.45, 7) is 4.04. The van der Waals surface area contributed by atoms with Crippen LogP contribution in [-0.2, 0) is 16.0 Å². The minimum absolute atomic E-state index is 0.0994. The van der Waals surface area contributed by atoms with Crippen LogP contribution in [0.25, 0.3) is 22.4 Å². The zero-order valence-corrected chi connectivity index (χ0v) is 13.6. The standard InChI is InChI=1S/C15H17N7O3/c1-2-23-14-12-13(20-15(16)21-14)17-6-10(19-12)9-5-18-22(7-9)8-11-24-3-4-25-11/h5-7,11H,2-4,8H2,1H3,(H2,16,17,20,21). The molecule has 0 aromatic carbocycles. The molecule has 0 unspecified atom stereocenters. The van der Waals surface area contributed by atoms with Crippen LogP contribution in [0.5, 0.6) is 5.88 Å². The minimum atomic E-state index is -0.267. The second kappa shape index (κ2) is 6.57. The van der Waals surface area contributed by atoms with Crippen LogP contribution in [0.1, 0.15) is 6.92 Å². The van der Waals surface area contributed by atoms with Gasteiger partial charge in [0.1, 0.15) is 0 Å². The molecule has 0 atom stereocenters. The van der Waals surface area contributed by atoms with Crippen molar-refractivity contribution in [1.82, 2.24) is 29.7 Å². The fraction of sp³-hybridized carbons (Fsp3) is 0.400. The SMILES string of the molecule is CCOc1nc(N)nc2ncc(-c3cnn(CC4OCCO4)c3)nc12. The van der Waals surface area contributed by atoms with Crippen molar-refractivity contribution in [3.05, 3.63) is 18.6 Å². The van der Waals surface area contributed by atoms with Gasteiger partial charge in [-0.15, -0.1) is 0 Å². The Labute approximate surface area is 143 Å². The van der Waals surface area contributed by atoms with E-state index < -0.39 is 0 Å². The second-order valence-corrected chi connectivity index (χ2v) is 5.37. The molecule has 0 radical (unpaired) electrons. The molecule has 10 nitrogen and oxygen atoms in total. The molecule has 4 rings (SSSR count). The summed E-state index contributed by atoms with van der Waals surface area (Å²) in [7, 11) is 0. The number of fused-ring (bicyclic) bond motifs is 1. The molecule has 1 aliphatic rings. The Morgan fingerprint density at radius 1 is 1.24 bits per heavy atom. The molecular formula is C15H17N7O3. The van der Waals surface area contributed by atoms with Crippen LogP contribution in [-0.4, -0.2) is 55.8 Å². The highest BCUT2D eigenvalue weighted by molar-refractivity contribution is 5.79. The number of hydrogen-bond acceptors (Lipinski definition) is 9. The molecule has 0 bridgehead atoms. The number of nitrogens with two attached hydrogens (primary N) is 1. The van der Waals surface area contributed by atoms with Crippen LogP contribution in [0.2, 0.25) is 0 Å². The lowest BCUT2D eigenvalue weighted by Crippen LogP contribution is -2.16. The zero-order valence-electron chi connectivity index (χ0n) is 13.6. The van der Waals surface area contributed by atoms with Crippen LogP contribution in [0.3, 0.4) is 0 Å². The fourth-order valence-electron chi connectivity index (χ4n) is 2.54. The molecule has 1 saturated heterocycles. The van der Waals surface area contributed by atoms with Crippen molar-refractivity contribution in [2.75, 3.05) is 25.6 Å². The lowest BCUT2D eigenvalue weighted by Gasteiger charge is -2.08. The molecule has 1 fully saturated rings. The van der Waals surface area contributed by atoms with E-state index in [0.717, 1.165) is 5.56 Å². The number of anilines is 1. The third-order valence-corrected chi connectivity index (χ3v) is 3.63. The van der Waals surface area contributed by atoms with Gasteiger partial charge < -0.3 is 19.9 Å². The Balaban J connectivity index is 1.66. The summed E-state index contributed by atoms with van der Waals surface area (Å²) in [6, 6.07) is 0. The molecule has 0 saturated carbocycles. The van der Waals surface area contributed by atoms with Crippen molar-refractivity contribution in [1.29, 1.82) is 0 Å². The lowest BCUT2D eigenvalue weighted by atomic mass is 10.2. The molecule has 3 aromatic rings. The van der Waals surface area contributed by atoms with Crippen LogP contribution in [0.15, 0.2) is 18.6 Å². The maximum Gasteiger partial charge on any atom is 0.247 e. The first-order chi connectivity index (χ1) is 12.2. The van der Waals surface area contributed by atoms with Gasteiger partial charge in [-0.05, 0) is 6.92 Å². The summed E-state index contributed by atoms with van der Waals surface area (Å²) >= 11 is 0. The molecule has 3 aromatic heterocycles. The minimum Gasteiger partial charge on any atom is -0.476 e. The Hall–Kier alpha value is -2.85.